The summed E-state index contributed by atoms with van der Waals surface area (Å²) in [6.07, 6.45) is 0. The van der Waals surface area contributed by atoms with Gasteiger partial charge in [-0.1, -0.05) is 48.1 Å². The lowest BCUT2D eigenvalue weighted by molar-refractivity contribution is 1.48. The van der Waals surface area contributed by atoms with Gasteiger partial charge in [-0.25, -0.2) is 0 Å². The van der Waals surface area contributed by atoms with Crippen molar-refractivity contribution in [2.75, 3.05) is 13.3 Å². The Morgan fingerprint density at radius 1 is 1.27 bits per heavy atom. The molecule has 0 aliphatic rings. The van der Waals surface area contributed by atoms with Crippen molar-refractivity contribution in [3.8, 4) is 0 Å². The molecule has 0 saturated carbocycles. The molecule has 0 amide bonds. The normalized spacial score (nSPS) is 10.5. The molecule has 0 N–H and O–H groups in total. The molecule has 0 aromatic heterocycles. The Kier molecular flexibility index (Phi) is 3.54. The van der Waals surface area contributed by atoms with Gasteiger partial charge in [-0.15, -0.1) is 0 Å². The van der Waals surface area contributed by atoms with E-state index in [1.807, 2.05) is 0 Å². The summed E-state index contributed by atoms with van der Waals surface area (Å²) in [5, 5.41) is 2.49. The lowest BCUT2D eigenvalue weighted by Crippen LogP contribution is -2.04. The molecule has 11 heavy (non-hydrogen) atoms. The van der Waals surface area contributed by atoms with Gasteiger partial charge in [0.15, 0.2) is 0 Å². The molecule has 0 nitrogen and oxygen atoms in total. The topological polar surface area (TPSA) is 0 Å². The van der Waals surface area contributed by atoms with Crippen molar-refractivity contribution >= 4 is 29.2 Å². The highest BCUT2D eigenvalue weighted by atomic mass is 79.9. The van der Waals surface area contributed by atoms with Crippen LogP contribution in [0.3, 0.4) is 0 Å². The Balaban J connectivity index is 3.02. The maximum absolute atomic E-state index is 3.49. The maximum atomic E-state index is 3.49. The van der Waals surface area contributed by atoms with Gasteiger partial charge in [0, 0.05) is 5.33 Å². The third-order valence-electron chi connectivity index (χ3n) is 1.62. The SMILES string of the molecule is CP(C)c1ccccc1CBr. The largest absolute Gasteiger partial charge is 0.0876 e. The number of benzene rings is 1. The lowest BCUT2D eigenvalue weighted by Gasteiger charge is -2.09. The smallest absolute Gasteiger partial charge is 0.0289 e. The van der Waals surface area contributed by atoms with Crippen LogP contribution in [0.4, 0.5) is 0 Å². The molecular weight excluding hydrogens is 219 g/mol. The summed E-state index contributed by atoms with van der Waals surface area (Å²) in [7, 11) is 0.0478. The predicted molar refractivity (Wildman–Crippen MR) is 57.5 cm³/mol. The first kappa shape index (κ1) is 9.22. The van der Waals surface area contributed by atoms with Crippen LogP contribution in [0.5, 0.6) is 0 Å². The predicted octanol–water partition coefficient (Wildman–Crippen LogP) is 2.95. The number of hydrogen-bond donors (Lipinski definition) is 0. The van der Waals surface area contributed by atoms with Crippen LogP contribution in [-0.2, 0) is 5.33 Å². The van der Waals surface area contributed by atoms with Crippen molar-refractivity contribution < 1.29 is 0 Å². The van der Waals surface area contributed by atoms with E-state index >= 15 is 0 Å². The van der Waals surface area contributed by atoms with E-state index in [0.29, 0.717) is 0 Å². The Bertz CT molecular complexity index is 233. The molecule has 60 valence electrons. The van der Waals surface area contributed by atoms with E-state index in [2.05, 4.69) is 53.5 Å². The molecule has 0 spiro atoms. The second-order valence-corrected chi connectivity index (χ2v) is 5.49. The fourth-order valence-electron chi connectivity index (χ4n) is 1.06. The van der Waals surface area contributed by atoms with Crippen molar-refractivity contribution in [3.63, 3.8) is 0 Å². The monoisotopic (exact) mass is 230 g/mol. The second-order valence-electron chi connectivity index (χ2n) is 2.66. The van der Waals surface area contributed by atoms with E-state index < -0.39 is 0 Å². The van der Waals surface area contributed by atoms with E-state index in [-0.39, 0.29) is 7.92 Å². The zero-order valence-electron chi connectivity index (χ0n) is 6.84. The molecule has 0 bridgehead atoms. The molecule has 0 radical (unpaired) electrons. The van der Waals surface area contributed by atoms with Gasteiger partial charge in [-0.05, 0) is 24.2 Å². The minimum absolute atomic E-state index is 0.0478. The molecule has 1 aromatic carbocycles. The van der Waals surface area contributed by atoms with Crippen LogP contribution in [0.25, 0.3) is 0 Å². The number of hydrogen-bond acceptors (Lipinski definition) is 0. The van der Waals surface area contributed by atoms with Crippen molar-refractivity contribution in [2.45, 2.75) is 5.33 Å². The van der Waals surface area contributed by atoms with Gasteiger partial charge in [-0.3, -0.25) is 0 Å². The van der Waals surface area contributed by atoms with Crippen LogP contribution in [0.15, 0.2) is 24.3 Å². The third-order valence-corrected chi connectivity index (χ3v) is 3.62. The summed E-state index contributed by atoms with van der Waals surface area (Å²) in [6, 6.07) is 8.62. The summed E-state index contributed by atoms with van der Waals surface area (Å²) < 4.78 is 0. The molecule has 0 unspecified atom stereocenters. The standard InChI is InChI=1S/C9H12BrP/c1-11(2)9-6-4-3-5-8(9)7-10/h3-6H,7H2,1-2H3. The Morgan fingerprint density at radius 3 is 2.36 bits per heavy atom. The van der Waals surface area contributed by atoms with Gasteiger partial charge < -0.3 is 0 Å². The average molecular weight is 231 g/mol. The summed E-state index contributed by atoms with van der Waals surface area (Å²) >= 11 is 3.49. The summed E-state index contributed by atoms with van der Waals surface area (Å²) in [6.45, 7) is 4.58. The highest BCUT2D eigenvalue weighted by Gasteiger charge is 2.02. The Hall–Kier alpha value is 0.130. The average Bonchev–Trinajstić information content (AvgIpc) is 2.04. The third kappa shape index (κ3) is 2.28. The lowest BCUT2D eigenvalue weighted by atomic mass is 10.2. The first-order valence-corrected chi connectivity index (χ1v) is 6.92. The highest BCUT2D eigenvalue weighted by Crippen LogP contribution is 2.26. The first-order chi connectivity index (χ1) is 5.25. The van der Waals surface area contributed by atoms with E-state index in [9.17, 15) is 0 Å². The number of alkyl halides is 1. The molecule has 0 heterocycles. The van der Waals surface area contributed by atoms with Crippen molar-refractivity contribution in [1.29, 1.82) is 0 Å². The van der Waals surface area contributed by atoms with E-state index in [0.717, 1.165) is 5.33 Å². The molecule has 1 rings (SSSR count). The zero-order chi connectivity index (χ0) is 8.27. The quantitative estimate of drug-likeness (QED) is 0.542. The van der Waals surface area contributed by atoms with Gasteiger partial charge in [0.25, 0.3) is 0 Å². The summed E-state index contributed by atoms with van der Waals surface area (Å²) in [5.74, 6) is 0. The van der Waals surface area contributed by atoms with Gasteiger partial charge in [-0.2, -0.15) is 0 Å². The van der Waals surface area contributed by atoms with Crippen molar-refractivity contribution in [1.82, 2.24) is 0 Å². The summed E-state index contributed by atoms with van der Waals surface area (Å²) in [5.41, 5.74) is 1.43. The fraction of sp³-hybridized carbons (Fsp3) is 0.333. The molecular formula is C9H12BrP. The van der Waals surface area contributed by atoms with Crippen molar-refractivity contribution in [2.24, 2.45) is 0 Å². The van der Waals surface area contributed by atoms with Crippen LogP contribution in [0.2, 0.25) is 0 Å². The summed E-state index contributed by atoms with van der Waals surface area (Å²) in [4.78, 5) is 0. The van der Waals surface area contributed by atoms with Crippen LogP contribution in [-0.4, -0.2) is 13.3 Å². The van der Waals surface area contributed by atoms with E-state index in [1.54, 1.807) is 0 Å². The van der Waals surface area contributed by atoms with Gasteiger partial charge in [0.2, 0.25) is 0 Å². The number of rotatable bonds is 2. The van der Waals surface area contributed by atoms with Crippen LogP contribution in [0.1, 0.15) is 5.56 Å². The molecule has 0 aliphatic heterocycles. The molecule has 0 fully saturated rings. The van der Waals surface area contributed by atoms with Crippen LogP contribution < -0.4 is 5.30 Å². The molecule has 2 heteroatoms. The number of halogens is 1. The van der Waals surface area contributed by atoms with Gasteiger partial charge in [0.05, 0.1) is 0 Å². The highest BCUT2D eigenvalue weighted by molar-refractivity contribution is 9.08. The minimum Gasteiger partial charge on any atom is -0.0876 e. The second kappa shape index (κ2) is 4.23. The van der Waals surface area contributed by atoms with Gasteiger partial charge >= 0.3 is 0 Å². The minimum atomic E-state index is 0.0478. The first-order valence-electron chi connectivity index (χ1n) is 3.57. The van der Waals surface area contributed by atoms with Gasteiger partial charge in [0.1, 0.15) is 0 Å². The molecule has 0 saturated heterocycles. The maximum Gasteiger partial charge on any atom is 0.0289 e. The fourth-order valence-corrected chi connectivity index (χ4v) is 2.88. The zero-order valence-corrected chi connectivity index (χ0v) is 9.32. The van der Waals surface area contributed by atoms with E-state index in [1.165, 1.54) is 10.9 Å². The van der Waals surface area contributed by atoms with Crippen LogP contribution >= 0.6 is 23.9 Å². The van der Waals surface area contributed by atoms with Crippen molar-refractivity contribution in [3.05, 3.63) is 29.8 Å². The molecule has 0 atom stereocenters. The molecule has 0 aliphatic carbocycles. The molecule has 1 aromatic rings. The van der Waals surface area contributed by atoms with Crippen LogP contribution in [0, 0.1) is 0 Å². The Labute approximate surface area is 77.9 Å². The van der Waals surface area contributed by atoms with E-state index in [4.69, 9.17) is 0 Å². The Morgan fingerprint density at radius 2 is 1.91 bits per heavy atom.